The van der Waals surface area contributed by atoms with Crippen LogP contribution in [0.5, 0.6) is 0 Å². The van der Waals surface area contributed by atoms with Crippen molar-refractivity contribution >= 4 is 17.6 Å². The van der Waals surface area contributed by atoms with Gasteiger partial charge in [-0.2, -0.15) is 0 Å². The Morgan fingerprint density at radius 3 is 2.18 bits per heavy atom. The predicted octanol–water partition coefficient (Wildman–Crippen LogP) is 5.44. The fourth-order valence-electron chi connectivity index (χ4n) is 6.10. The van der Waals surface area contributed by atoms with E-state index in [-0.39, 0.29) is 0 Å². The summed E-state index contributed by atoms with van der Waals surface area (Å²) in [6, 6.07) is 29.9. The lowest BCUT2D eigenvalue weighted by atomic mass is 9.41. The largest absolute Gasteiger partial charge is 0.210 e. The summed E-state index contributed by atoms with van der Waals surface area (Å²) in [5.41, 5.74) is 16.2. The third kappa shape index (κ3) is 1.61. The Morgan fingerprint density at radius 1 is 0.607 bits per heavy atom. The Bertz CT molecular complexity index is 1310. The van der Waals surface area contributed by atoms with E-state index in [4.69, 9.17) is 0 Å². The molecule has 2 aliphatic carbocycles. The number of hydrogen-bond acceptors (Lipinski definition) is 0. The second-order valence-electron chi connectivity index (χ2n) is 8.36. The molecule has 130 valence electrons. The van der Waals surface area contributed by atoms with E-state index in [1.54, 1.807) is 0 Å². The summed E-state index contributed by atoms with van der Waals surface area (Å²) in [7, 11) is 0. The van der Waals surface area contributed by atoms with Crippen LogP contribution >= 0.6 is 0 Å². The van der Waals surface area contributed by atoms with Gasteiger partial charge in [0.1, 0.15) is 0 Å². The van der Waals surface area contributed by atoms with Crippen molar-refractivity contribution in [3.05, 3.63) is 95.6 Å². The highest BCUT2D eigenvalue weighted by Gasteiger charge is 2.40. The molecule has 4 aromatic carbocycles. The Morgan fingerprint density at radius 2 is 1.32 bits per heavy atom. The van der Waals surface area contributed by atoms with E-state index < -0.39 is 0 Å². The molecule has 7 rings (SSSR count). The molecule has 1 atom stereocenters. The fraction of sp³-hybridized carbons (Fsp3) is 0.111. The second-order valence-corrected chi connectivity index (χ2v) is 8.36. The average molecular weight is 354 g/mol. The molecule has 3 aliphatic rings. The first-order valence-corrected chi connectivity index (χ1v) is 10.4. The van der Waals surface area contributed by atoms with Crippen molar-refractivity contribution in [3.8, 4) is 33.4 Å². The minimum Gasteiger partial charge on any atom is -0.0712 e. The van der Waals surface area contributed by atoms with Crippen molar-refractivity contribution in [2.45, 2.75) is 19.2 Å². The van der Waals surface area contributed by atoms with Crippen molar-refractivity contribution in [1.82, 2.24) is 0 Å². The van der Waals surface area contributed by atoms with Gasteiger partial charge in [0.15, 0.2) is 0 Å². The molecule has 0 amide bonds. The maximum Gasteiger partial charge on any atom is 0.210 e. The van der Waals surface area contributed by atoms with Gasteiger partial charge in [0.2, 0.25) is 6.71 Å². The molecule has 4 aromatic rings. The van der Waals surface area contributed by atoms with E-state index in [0.29, 0.717) is 12.6 Å². The van der Waals surface area contributed by atoms with Crippen LogP contribution in [0.3, 0.4) is 0 Å². The molecule has 1 heteroatoms. The molecule has 0 saturated heterocycles. The smallest absolute Gasteiger partial charge is 0.0712 e. The first kappa shape index (κ1) is 14.9. The fourth-order valence-corrected chi connectivity index (χ4v) is 6.10. The van der Waals surface area contributed by atoms with Crippen LogP contribution in [0.4, 0.5) is 0 Å². The van der Waals surface area contributed by atoms with E-state index in [1.165, 1.54) is 61.0 Å². The van der Waals surface area contributed by atoms with Gasteiger partial charge in [-0.1, -0.05) is 103 Å². The summed E-state index contributed by atoms with van der Waals surface area (Å²) >= 11 is 0. The minimum absolute atomic E-state index is 0.399. The number of rotatable bonds is 1. The molecule has 1 heterocycles. The van der Waals surface area contributed by atoms with Crippen LogP contribution in [0.1, 0.15) is 29.5 Å². The molecule has 28 heavy (non-hydrogen) atoms. The molecule has 0 fully saturated rings. The van der Waals surface area contributed by atoms with Gasteiger partial charge in [0, 0.05) is 5.92 Å². The Kier molecular flexibility index (Phi) is 2.70. The van der Waals surface area contributed by atoms with E-state index in [1.807, 2.05) is 0 Å². The van der Waals surface area contributed by atoms with Gasteiger partial charge >= 0.3 is 0 Å². The van der Waals surface area contributed by atoms with E-state index in [9.17, 15) is 0 Å². The van der Waals surface area contributed by atoms with Gasteiger partial charge in [-0.25, -0.2) is 0 Å². The van der Waals surface area contributed by atoms with Crippen LogP contribution in [0.25, 0.3) is 33.4 Å². The normalized spacial score (nSPS) is 16.5. The lowest BCUT2D eigenvalue weighted by Crippen LogP contribution is -2.37. The summed E-state index contributed by atoms with van der Waals surface area (Å²) in [5.74, 6) is 0.399. The maximum atomic E-state index is 2.52. The summed E-state index contributed by atoms with van der Waals surface area (Å²) < 4.78 is 0. The molecular weight excluding hydrogens is 335 g/mol. The van der Waals surface area contributed by atoms with Crippen LogP contribution in [-0.4, -0.2) is 6.71 Å². The van der Waals surface area contributed by atoms with E-state index in [0.717, 1.165) is 6.32 Å². The third-order valence-electron chi connectivity index (χ3n) is 7.19. The first-order chi connectivity index (χ1) is 13.9. The zero-order valence-corrected chi connectivity index (χ0v) is 15.9. The van der Waals surface area contributed by atoms with Crippen molar-refractivity contribution in [1.29, 1.82) is 0 Å². The van der Waals surface area contributed by atoms with E-state index in [2.05, 4.69) is 85.8 Å². The van der Waals surface area contributed by atoms with Crippen molar-refractivity contribution in [3.63, 3.8) is 0 Å². The standard InChI is InChI=1S/C27H19B/c1-2-28-24-13-6-5-9-17(24)22-14-23-21(15-25(22)28)20-12-7-11-19-16-8-3-4-10-18(16)27(23)26(19)20/h3-15,27H,2H2,1H3. The van der Waals surface area contributed by atoms with E-state index >= 15 is 0 Å². The van der Waals surface area contributed by atoms with Crippen LogP contribution < -0.4 is 10.9 Å². The molecule has 0 spiro atoms. The second kappa shape index (κ2) is 5.05. The summed E-state index contributed by atoms with van der Waals surface area (Å²) in [6.45, 7) is 2.84. The molecule has 0 bridgehead atoms. The summed E-state index contributed by atoms with van der Waals surface area (Å²) in [5, 5.41) is 0. The highest BCUT2D eigenvalue weighted by Crippen LogP contribution is 2.58. The molecule has 0 aromatic heterocycles. The van der Waals surface area contributed by atoms with Crippen molar-refractivity contribution in [2.24, 2.45) is 0 Å². The van der Waals surface area contributed by atoms with Crippen molar-refractivity contribution in [2.75, 3.05) is 0 Å². The minimum atomic E-state index is 0.399. The third-order valence-corrected chi connectivity index (χ3v) is 7.19. The highest BCUT2D eigenvalue weighted by molar-refractivity contribution is 6.89. The predicted molar refractivity (Wildman–Crippen MR) is 119 cm³/mol. The van der Waals surface area contributed by atoms with Crippen molar-refractivity contribution < 1.29 is 0 Å². The van der Waals surface area contributed by atoms with Crippen LogP contribution in [0, 0.1) is 0 Å². The molecular formula is C27H19B. The average Bonchev–Trinajstić information content (AvgIpc) is 3.36. The molecule has 1 unspecified atom stereocenters. The zero-order valence-electron chi connectivity index (χ0n) is 15.9. The molecule has 0 N–H and O–H groups in total. The lowest BCUT2D eigenvalue weighted by Gasteiger charge is -2.14. The lowest BCUT2D eigenvalue weighted by molar-refractivity contribution is 1.06. The molecule has 0 saturated carbocycles. The topological polar surface area (TPSA) is 0 Å². The van der Waals surface area contributed by atoms with Crippen LogP contribution in [-0.2, 0) is 0 Å². The van der Waals surface area contributed by atoms with Gasteiger partial charge in [-0.15, -0.1) is 0 Å². The Hall–Kier alpha value is -3.06. The number of benzene rings is 4. The Labute approximate surface area is 166 Å². The van der Waals surface area contributed by atoms with Crippen LogP contribution in [0.15, 0.2) is 78.9 Å². The quantitative estimate of drug-likeness (QED) is 0.345. The van der Waals surface area contributed by atoms with Gasteiger partial charge in [0.25, 0.3) is 0 Å². The first-order valence-electron chi connectivity index (χ1n) is 10.4. The monoisotopic (exact) mass is 354 g/mol. The Balaban J connectivity index is 1.56. The van der Waals surface area contributed by atoms with Gasteiger partial charge in [0.05, 0.1) is 0 Å². The summed E-state index contributed by atoms with van der Waals surface area (Å²) in [6.07, 6.45) is 1.15. The van der Waals surface area contributed by atoms with Gasteiger partial charge in [-0.05, 0) is 50.1 Å². The SMILES string of the molecule is CCB1c2ccccc2-c2cc3c(cc21)-c1cccc2c1C3c1ccccc1-2. The number of hydrogen-bond donors (Lipinski definition) is 0. The highest BCUT2D eigenvalue weighted by atomic mass is 14.4. The molecule has 0 radical (unpaired) electrons. The van der Waals surface area contributed by atoms with Crippen LogP contribution in [0.2, 0.25) is 6.32 Å². The molecule has 1 aliphatic heterocycles. The number of fused-ring (bicyclic) bond motifs is 9. The van der Waals surface area contributed by atoms with Gasteiger partial charge < -0.3 is 0 Å². The summed E-state index contributed by atoms with van der Waals surface area (Å²) in [4.78, 5) is 0. The molecule has 0 nitrogen and oxygen atoms in total. The zero-order chi connectivity index (χ0) is 18.4. The maximum absolute atomic E-state index is 2.52. The van der Waals surface area contributed by atoms with Gasteiger partial charge in [-0.3, -0.25) is 0 Å².